The van der Waals surface area contributed by atoms with Gasteiger partial charge in [0.15, 0.2) is 0 Å². The van der Waals surface area contributed by atoms with Crippen LogP contribution in [0.15, 0.2) is 12.3 Å². The van der Waals surface area contributed by atoms with Crippen molar-refractivity contribution in [2.45, 2.75) is 64.5 Å². The second-order valence-electron chi connectivity index (χ2n) is 5.53. The van der Waals surface area contributed by atoms with Gasteiger partial charge in [-0.05, 0) is 57.4 Å². The molecule has 96 valence electrons. The number of rotatable bonds is 4. The Labute approximate surface area is 104 Å². The highest BCUT2D eigenvalue weighted by Crippen LogP contribution is 2.26. The quantitative estimate of drug-likeness (QED) is 0.872. The predicted molar refractivity (Wildman–Crippen MR) is 70.9 cm³/mol. The highest BCUT2D eigenvalue weighted by molar-refractivity contribution is 5.01. The fourth-order valence-corrected chi connectivity index (χ4v) is 2.61. The van der Waals surface area contributed by atoms with Crippen LogP contribution in [0.2, 0.25) is 0 Å². The van der Waals surface area contributed by atoms with Gasteiger partial charge < -0.3 is 5.73 Å². The van der Waals surface area contributed by atoms with E-state index in [1.54, 1.807) is 0 Å². The molecule has 0 aliphatic heterocycles. The van der Waals surface area contributed by atoms with E-state index in [2.05, 4.69) is 35.9 Å². The number of aromatic nitrogens is 2. The van der Waals surface area contributed by atoms with Crippen LogP contribution in [-0.2, 0) is 6.42 Å². The van der Waals surface area contributed by atoms with Gasteiger partial charge in [0.05, 0.1) is 5.69 Å². The second kappa shape index (κ2) is 5.67. The first-order valence-electron chi connectivity index (χ1n) is 6.98. The second-order valence-corrected chi connectivity index (χ2v) is 5.53. The predicted octanol–water partition coefficient (Wildman–Crippen LogP) is 2.91. The first-order valence-corrected chi connectivity index (χ1v) is 6.98. The number of nitrogens with zero attached hydrogens (tertiary/aromatic N) is 2. The van der Waals surface area contributed by atoms with Crippen molar-refractivity contribution in [3.05, 3.63) is 18.0 Å². The standard InChI is InChI=1S/C14H25N3/c1-3-11(2)17-9-8-14(16-17)10-12-4-6-13(15)7-5-12/h8-9,11-13H,3-7,10,15H2,1-2H3. The zero-order valence-corrected chi connectivity index (χ0v) is 11.1. The summed E-state index contributed by atoms with van der Waals surface area (Å²) in [6.07, 6.45) is 9.33. The van der Waals surface area contributed by atoms with Crippen LogP contribution in [0.5, 0.6) is 0 Å². The Kier molecular flexibility index (Phi) is 4.21. The van der Waals surface area contributed by atoms with Gasteiger partial charge in [-0.1, -0.05) is 6.92 Å². The summed E-state index contributed by atoms with van der Waals surface area (Å²) in [5.74, 6) is 0.801. The summed E-state index contributed by atoms with van der Waals surface area (Å²) in [5.41, 5.74) is 7.19. The summed E-state index contributed by atoms with van der Waals surface area (Å²) in [5, 5.41) is 4.68. The van der Waals surface area contributed by atoms with Crippen molar-refractivity contribution >= 4 is 0 Å². The number of hydrogen-bond acceptors (Lipinski definition) is 2. The topological polar surface area (TPSA) is 43.8 Å². The average molecular weight is 235 g/mol. The molecule has 0 radical (unpaired) electrons. The molecule has 1 aliphatic rings. The average Bonchev–Trinajstić information content (AvgIpc) is 2.80. The van der Waals surface area contributed by atoms with Gasteiger partial charge in [0.25, 0.3) is 0 Å². The molecule has 1 fully saturated rings. The molecular weight excluding hydrogens is 210 g/mol. The van der Waals surface area contributed by atoms with Gasteiger partial charge >= 0.3 is 0 Å². The molecule has 0 saturated heterocycles. The Morgan fingerprint density at radius 2 is 2.12 bits per heavy atom. The molecule has 1 atom stereocenters. The van der Waals surface area contributed by atoms with Crippen LogP contribution < -0.4 is 5.73 Å². The third kappa shape index (κ3) is 3.32. The Balaban J connectivity index is 1.88. The molecule has 1 saturated carbocycles. The van der Waals surface area contributed by atoms with Crippen LogP contribution in [-0.4, -0.2) is 15.8 Å². The molecule has 1 aromatic heterocycles. The maximum atomic E-state index is 5.93. The van der Waals surface area contributed by atoms with Gasteiger partial charge in [-0.2, -0.15) is 5.10 Å². The zero-order chi connectivity index (χ0) is 12.3. The van der Waals surface area contributed by atoms with E-state index in [1.807, 2.05) is 0 Å². The number of hydrogen-bond donors (Lipinski definition) is 1. The van der Waals surface area contributed by atoms with Crippen molar-refractivity contribution in [1.82, 2.24) is 9.78 Å². The summed E-state index contributed by atoms with van der Waals surface area (Å²) < 4.78 is 2.10. The summed E-state index contributed by atoms with van der Waals surface area (Å²) >= 11 is 0. The van der Waals surface area contributed by atoms with Crippen molar-refractivity contribution in [2.75, 3.05) is 0 Å². The molecule has 17 heavy (non-hydrogen) atoms. The lowest BCUT2D eigenvalue weighted by Gasteiger charge is -2.25. The molecule has 1 aromatic rings. The zero-order valence-electron chi connectivity index (χ0n) is 11.1. The maximum absolute atomic E-state index is 5.93. The molecule has 0 amide bonds. The third-order valence-electron chi connectivity index (χ3n) is 4.10. The normalized spacial score (nSPS) is 27.0. The summed E-state index contributed by atoms with van der Waals surface area (Å²) in [6, 6.07) is 3.15. The fourth-order valence-electron chi connectivity index (χ4n) is 2.61. The molecule has 0 spiro atoms. The molecule has 2 N–H and O–H groups in total. The summed E-state index contributed by atoms with van der Waals surface area (Å²) in [4.78, 5) is 0. The van der Waals surface area contributed by atoms with E-state index in [9.17, 15) is 0 Å². The minimum atomic E-state index is 0.448. The van der Waals surface area contributed by atoms with E-state index in [0.29, 0.717) is 12.1 Å². The van der Waals surface area contributed by atoms with Gasteiger partial charge in [0.1, 0.15) is 0 Å². The van der Waals surface area contributed by atoms with Crippen LogP contribution in [0.25, 0.3) is 0 Å². The van der Waals surface area contributed by atoms with Crippen LogP contribution in [0.4, 0.5) is 0 Å². The fraction of sp³-hybridized carbons (Fsp3) is 0.786. The first kappa shape index (κ1) is 12.6. The molecule has 3 heteroatoms. The summed E-state index contributed by atoms with van der Waals surface area (Å²) in [6.45, 7) is 4.42. The molecular formula is C14H25N3. The van der Waals surface area contributed by atoms with Gasteiger partial charge in [0, 0.05) is 18.3 Å². The lowest BCUT2D eigenvalue weighted by molar-refractivity contribution is 0.321. The highest BCUT2D eigenvalue weighted by Gasteiger charge is 2.19. The molecule has 1 heterocycles. The van der Waals surface area contributed by atoms with Crippen molar-refractivity contribution in [3.8, 4) is 0 Å². The van der Waals surface area contributed by atoms with E-state index >= 15 is 0 Å². The lowest BCUT2D eigenvalue weighted by Crippen LogP contribution is -2.27. The maximum Gasteiger partial charge on any atom is 0.0627 e. The smallest absolute Gasteiger partial charge is 0.0627 e. The van der Waals surface area contributed by atoms with Gasteiger partial charge in [-0.15, -0.1) is 0 Å². The first-order chi connectivity index (χ1) is 8.19. The van der Waals surface area contributed by atoms with E-state index in [4.69, 9.17) is 5.73 Å². The SMILES string of the molecule is CCC(C)n1ccc(CC2CCC(N)CC2)n1. The van der Waals surface area contributed by atoms with E-state index in [0.717, 1.165) is 18.8 Å². The number of nitrogens with two attached hydrogens (primary N) is 1. The Hall–Kier alpha value is -0.830. The lowest BCUT2D eigenvalue weighted by atomic mass is 9.84. The van der Waals surface area contributed by atoms with Crippen molar-refractivity contribution < 1.29 is 0 Å². The van der Waals surface area contributed by atoms with E-state index < -0.39 is 0 Å². The van der Waals surface area contributed by atoms with Crippen molar-refractivity contribution in [1.29, 1.82) is 0 Å². The monoisotopic (exact) mass is 235 g/mol. The minimum absolute atomic E-state index is 0.448. The van der Waals surface area contributed by atoms with E-state index in [1.165, 1.54) is 31.4 Å². The molecule has 3 nitrogen and oxygen atoms in total. The van der Waals surface area contributed by atoms with Crippen LogP contribution >= 0.6 is 0 Å². The van der Waals surface area contributed by atoms with Gasteiger partial charge in [-0.3, -0.25) is 4.68 Å². The largest absolute Gasteiger partial charge is 0.328 e. The van der Waals surface area contributed by atoms with Crippen LogP contribution in [0.1, 0.15) is 57.7 Å². The highest BCUT2D eigenvalue weighted by atomic mass is 15.3. The van der Waals surface area contributed by atoms with Crippen LogP contribution in [0, 0.1) is 5.92 Å². The Morgan fingerprint density at radius 1 is 1.41 bits per heavy atom. The van der Waals surface area contributed by atoms with Gasteiger partial charge in [-0.25, -0.2) is 0 Å². The third-order valence-corrected chi connectivity index (χ3v) is 4.10. The Morgan fingerprint density at radius 3 is 2.76 bits per heavy atom. The molecule has 1 unspecified atom stereocenters. The van der Waals surface area contributed by atoms with Crippen molar-refractivity contribution in [3.63, 3.8) is 0 Å². The molecule has 0 bridgehead atoms. The molecule has 1 aliphatic carbocycles. The van der Waals surface area contributed by atoms with Crippen LogP contribution in [0.3, 0.4) is 0 Å². The molecule has 2 rings (SSSR count). The minimum Gasteiger partial charge on any atom is -0.328 e. The Bertz CT molecular complexity index is 337. The summed E-state index contributed by atoms with van der Waals surface area (Å²) in [7, 11) is 0. The van der Waals surface area contributed by atoms with Gasteiger partial charge in [0.2, 0.25) is 0 Å². The molecule has 0 aromatic carbocycles. The van der Waals surface area contributed by atoms with E-state index in [-0.39, 0.29) is 0 Å². The van der Waals surface area contributed by atoms with Crippen molar-refractivity contribution in [2.24, 2.45) is 11.7 Å².